The summed E-state index contributed by atoms with van der Waals surface area (Å²) in [4.78, 5) is 2.05. The molecular weight excluding hydrogens is 254 g/mol. The molecule has 108 valence electrons. The topological polar surface area (TPSA) is 66.2 Å². The number of hydrogen-bond donors (Lipinski definition) is 2. The molecule has 6 nitrogen and oxygen atoms in total. The van der Waals surface area contributed by atoms with Crippen molar-refractivity contribution < 1.29 is 4.42 Å². The van der Waals surface area contributed by atoms with Crippen LogP contribution in [-0.2, 0) is 0 Å². The molecule has 2 rings (SSSR count). The Morgan fingerprint density at radius 1 is 1.20 bits per heavy atom. The van der Waals surface area contributed by atoms with Crippen molar-refractivity contribution in [3.05, 3.63) is 30.2 Å². The number of benzene rings is 1. The van der Waals surface area contributed by atoms with E-state index in [0.29, 0.717) is 11.9 Å². The van der Waals surface area contributed by atoms with E-state index in [9.17, 15) is 0 Å². The first-order valence-electron chi connectivity index (χ1n) is 6.71. The first kappa shape index (κ1) is 14.3. The van der Waals surface area contributed by atoms with Gasteiger partial charge in [-0.15, -0.1) is 5.10 Å². The van der Waals surface area contributed by atoms with Crippen LogP contribution in [0.25, 0.3) is 0 Å². The molecule has 2 N–H and O–H groups in total. The fourth-order valence-corrected chi connectivity index (χ4v) is 1.82. The summed E-state index contributed by atoms with van der Waals surface area (Å²) in [5, 5.41) is 14.4. The Hall–Kier alpha value is -2.08. The van der Waals surface area contributed by atoms with E-state index in [0.717, 1.165) is 17.9 Å². The second-order valence-electron chi connectivity index (χ2n) is 4.79. The van der Waals surface area contributed by atoms with Gasteiger partial charge in [0, 0.05) is 25.5 Å². The van der Waals surface area contributed by atoms with Crippen LogP contribution in [0.1, 0.15) is 25.8 Å². The molecule has 0 aliphatic rings. The lowest BCUT2D eigenvalue weighted by Gasteiger charge is -2.12. The molecule has 1 aromatic carbocycles. The van der Waals surface area contributed by atoms with Crippen LogP contribution in [-0.4, -0.2) is 30.8 Å². The van der Waals surface area contributed by atoms with Crippen molar-refractivity contribution in [2.24, 2.45) is 0 Å². The Balaban J connectivity index is 2.03. The predicted molar refractivity (Wildman–Crippen MR) is 80.4 cm³/mol. The molecule has 0 amide bonds. The van der Waals surface area contributed by atoms with E-state index in [1.807, 2.05) is 57.1 Å². The van der Waals surface area contributed by atoms with E-state index >= 15 is 0 Å². The molecule has 6 heteroatoms. The maximum Gasteiger partial charge on any atom is 0.320 e. The molecule has 0 aliphatic carbocycles. The minimum Gasteiger partial charge on any atom is -0.406 e. The van der Waals surface area contributed by atoms with E-state index in [1.165, 1.54) is 0 Å². The second kappa shape index (κ2) is 6.38. The van der Waals surface area contributed by atoms with Crippen LogP contribution < -0.4 is 15.5 Å². The fraction of sp³-hybridized carbons (Fsp3) is 0.429. The number of hydrogen-bond acceptors (Lipinski definition) is 6. The van der Waals surface area contributed by atoms with Crippen molar-refractivity contribution in [1.82, 2.24) is 15.5 Å². The number of nitrogens with one attached hydrogen (secondary N) is 2. The molecule has 1 aromatic heterocycles. The molecule has 0 spiro atoms. The Morgan fingerprint density at radius 3 is 2.50 bits per heavy atom. The molecule has 0 bridgehead atoms. The summed E-state index contributed by atoms with van der Waals surface area (Å²) < 4.78 is 5.57. The lowest BCUT2D eigenvalue weighted by atomic mass is 10.2. The molecule has 0 fully saturated rings. The number of aromatic nitrogens is 2. The first-order chi connectivity index (χ1) is 9.60. The zero-order valence-electron chi connectivity index (χ0n) is 12.3. The van der Waals surface area contributed by atoms with E-state index in [-0.39, 0.29) is 6.04 Å². The standard InChI is InChI=1S/C14H21N5O/c1-5-15-10(2)13-17-18-14(20-13)16-11-6-8-12(9-7-11)19(3)4/h6-10,15H,5H2,1-4H3,(H,16,18). The van der Waals surface area contributed by atoms with Gasteiger partial charge in [0.25, 0.3) is 0 Å². The third kappa shape index (κ3) is 3.48. The quantitative estimate of drug-likeness (QED) is 0.844. The van der Waals surface area contributed by atoms with E-state index in [2.05, 4.69) is 20.8 Å². The second-order valence-corrected chi connectivity index (χ2v) is 4.79. The molecular formula is C14H21N5O. The largest absolute Gasteiger partial charge is 0.406 e. The Labute approximate surface area is 119 Å². The van der Waals surface area contributed by atoms with E-state index in [4.69, 9.17) is 4.42 Å². The average Bonchev–Trinajstić information content (AvgIpc) is 2.88. The van der Waals surface area contributed by atoms with Gasteiger partial charge in [0.1, 0.15) is 0 Å². The summed E-state index contributed by atoms with van der Waals surface area (Å²) in [7, 11) is 4.02. The highest BCUT2D eigenvalue weighted by Crippen LogP contribution is 2.20. The summed E-state index contributed by atoms with van der Waals surface area (Å²) in [6.07, 6.45) is 0. The van der Waals surface area contributed by atoms with Crippen LogP contribution in [0.3, 0.4) is 0 Å². The van der Waals surface area contributed by atoms with Crippen LogP contribution in [0.4, 0.5) is 17.4 Å². The van der Waals surface area contributed by atoms with Gasteiger partial charge in [-0.05, 0) is 37.7 Å². The maximum atomic E-state index is 5.57. The van der Waals surface area contributed by atoms with Crippen LogP contribution in [0, 0.1) is 0 Å². The van der Waals surface area contributed by atoms with Crippen LogP contribution in [0.5, 0.6) is 0 Å². The van der Waals surface area contributed by atoms with Crippen LogP contribution in [0.15, 0.2) is 28.7 Å². The third-order valence-electron chi connectivity index (χ3n) is 2.96. The van der Waals surface area contributed by atoms with Gasteiger partial charge in [-0.3, -0.25) is 0 Å². The summed E-state index contributed by atoms with van der Waals surface area (Å²) >= 11 is 0. The van der Waals surface area contributed by atoms with Crippen molar-refractivity contribution in [1.29, 1.82) is 0 Å². The normalized spacial score (nSPS) is 12.2. The van der Waals surface area contributed by atoms with Gasteiger partial charge < -0.3 is 20.0 Å². The Morgan fingerprint density at radius 2 is 1.90 bits per heavy atom. The van der Waals surface area contributed by atoms with Gasteiger partial charge in [0.05, 0.1) is 6.04 Å². The highest BCUT2D eigenvalue weighted by molar-refractivity contribution is 5.58. The minimum atomic E-state index is 0.0548. The number of anilines is 3. The zero-order valence-corrected chi connectivity index (χ0v) is 12.3. The molecule has 0 radical (unpaired) electrons. The molecule has 1 atom stereocenters. The molecule has 0 saturated heterocycles. The van der Waals surface area contributed by atoms with Gasteiger partial charge in [0.15, 0.2) is 0 Å². The molecule has 0 aliphatic heterocycles. The highest BCUT2D eigenvalue weighted by atomic mass is 16.4. The summed E-state index contributed by atoms with van der Waals surface area (Å²) in [6.45, 7) is 4.89. The van der Waals surface area contributed by atoms with E-state index < -0.39 is 0 Å². The molecule has 1 unspecified atom stereocenters. The van der Waals surface area contributed by atoms with E-state index in [1.54, 1.807) is 0 Å². The SMILES string of the molecule is CCNC(C)c1nnc(Nc2ccc(N(C)C)cc2)o1. The first-order valence-corrected chi connectivity index (χ1v) is 6.71. The zero-order chi connectivity index (χ0) is 14.5. The van der Waals surface area contributed by atoms with Crippen molar-refractivity contribution in [2.45, 2.75) is 19.9 Å². The van der Waals surface area contributed by atoms with Gasteiger partial charge >= 0.3 is 6.01 Å². The lowest BCUT2D eigenvalue weighted by Crippen LogP contribution is -2.17. The van der Waals surface area contributed by atoms with Crippen LogP contribution >= 0.6 is 0 Å². The summed E-state index contributed by atoms with van der Waals surface area (Å²) in [5.74, 6) is 0.583. The third-order valence-corrected chi connectivity index (χ3v) is 2.96. The number of rotatable bonds is 6. The number of nitrogens with zero attached hydrogens (tertiary/aromatic N) is 3. The maximum absolute atomic E-state index is 5.57. The van der Waals surface area contributed by atoms with Crippen molar-refractivity contribution in [3.8, 4) is 0 Å². The smallest absolute Gasteiger partial charge is 0.320 e. The van der Waals surface area contributed by atoms with Gasteiger partial charge in [-0.2, -0.15) is 0 Å². The summed E-state index contributed by atoms with van der Waals surface area (Å²) in [5.41, 5.74) is 2.06. The molecule has 2 aromatic rings. The monoisotopic (exact) mass is 275 g/mol. The molecule has 20 heavy (non-hydrogen) atoms. The van der Waals surface area contributed by atoms with Gasteiger partial charge in [-0.1, -0.05) is 12.0 Å². The Kier molecular flexibility index (Phi) is 4.57. The van der Waals surface area contributed by atoms with Crippen molar-refractivity contribution >= 4 is 17.4 Å². The van der Waals surface area contributed by atoms with Crippen molar-refractivity contribution in [3.63, 3.8) is 0 Å². The highest BCUT2D eigenvalue weighted by Gasteiger charge is 2.12. The van der Waals surface area contributed by atoms with Gasteiger partial charge in [0.2, 0.25) is 5.89 Å². The summed E-state index contributed by atoms with van der Waals surface area (Å²) in [6, 6.07) is 8.48. The van der Waals surface area contributed by atoms with Crippen molar-refractivity contribution in [2.75, 3.05) is 30.9 Å². The molecule has 1 heterocycles. The van der Waals surface area contributed by atoms with Gasteiger partial charge in [-0.25, -0.2) is 0 Å². The predicted octanol–water partition coefficient (Wildman–Crippen LogP) is 2.55. The average molecular weight is 275 g/mol. The molecule has 0 saturated carbocycles. The Bertz CT molecular complexity index is 535. The lowest BCUT2D eigenvalue weighted by molar-refractivity contribution is 0.430. The van der Waals surface area contributed by atoms with Crippen LogP contribution in [0.2, 0.25) is 0 Å². The fourth-order valence-electron chi connectivity index (χ4n) is 1.82. The minimum absolute atomic E-state index is 0.0548.